The summed E-state index contributed by atoms with van der Waals surface area (Å²) in [7, 11) is 0. The van der Waals surface area contributed by atoms with Gasteiger partial charge in [0.1, 0.15) is 23.0 Å². The molecule has 4 rings (SSSR count). The number of hydrogen-bond donors (Lipinski definition) is 6. The standard InChI is InChI=1S/C22H18N4O6S2/c27-11-1-3-13(17(29)7-11)15-9-33-21(23-15)25-19(31)5-6-20(32)26-22-24-16(10-34-22)14-4-2-12(28)8-18(14)30/h1-4,7-10,27-30H,5-6H2,(H,23,25,31)(H,24,26,32). The lowest BCUT2D eigenvalue weighted by Gasteiger charge is -2.04. The molecule has 10 nitrogen and oxygen atoms in total. The summed E-state index contributed by atoms with van der Waals surface area (Å²) in [6, 6.07) is 8.27. The minimum atomic E-state index is -0.403. The zero-order chi connectivity index (χ0) is 24.2. The molecule has 2 aromatic carbocycles. The van der Waals surface area contributed by atoms with Gasteiger partial charge in [0.15, 0.2) is 10.3 Å². The third-order valence-corrected chi connectivity index (χ3v) is 6.11. The maximum atomic E-state index is 12.2. The Labute approximate surface area is 200 Å². The van der Waals surface area contributed by atoms with Crippen LogP contribution in [0.2, 0.25) is 0 Å². The van der Waals surface area contributed by atoms with E-state index in [1.165, 1.54) is 36.4 Å². The van der Waals surface area contributed by atoms with Crippen LogP contribution in [0.25, 0.3) is 22.5 Å². The number of carbonyl (C=O) groups is 2. The average molecular weight is 499 g/mol. The highest BCUT2D eigenvalue weighted by Gasteiger charge is 2.15. The van der Waals surface area contributed by atoms with Gasteiger partial charge in [-0.25, -0.2) is 9.97 Å². The van der Waals surface area contributed by atoms with Crippen molar-refractivity contribution in [1.82, 2.24) is 9.97 Å². The van der Waals surface area contributed by atoms with E-state index in [1.807, 2.05) is 0 Å². The number of nitrogens with one attached hydrogen (secondary N) is 2. The van der Waals surface area contributed by atoms with Crippen molar-refractivity contribution in [3.63, 3.8) is 0 Å². The lowest BCUT2D eigenvalue weighted by Crippen LogP contribution is -2.17. The molecule has 0 spiro atoms. The summed E-state index contributed by atoms with van der Waals surface area (Å²) in [5.41, 5.74) is 1.71. The molecule has 6 N–H and O–H groups in total. The van der Waals surface area contributed by atoms with Crippen molar-refractivity contribution < 1.29 is 30.0 Å². The number of phenolic OH excluding ortho intramolecular Hbond substituents is 4. The molecular weight excluding hydrogens is 480 g/mol. The third kappa shape index (κ3) is 5.42. The molecule has 0 unspecified atom stereocenters. The maximum Gasteiger partial charge on any atom is 0.226 e. The lowest BCUT2D eigenvalue weighted by atomic mass is 10.1. The number of thiazole rings is 2. The van der Waals surface area contributed by atoms with Crippen LogP contribution in [-0.4, -0.2) is 42.2 Å². The SMILES string of the molecule is O=C(CCC(=O)Nc1nc(-c2ccc(O)cc2O)cs1)Nc1nc(-c2ccc(O)cc2O)cs1. The van der Waals surface area contributed by atoms with Crippen LogP contribution in [0.1, 0.15) is 12.8 Å². The second-order valence-corrected chi connectivity index (χ2v) is 8.79. The maximum absolute atomic E-state index is 12.2. The van der Waals surface area contributed by atoms with E-state index in [0.29, 0.717) is 32.8 Å². The molecule has 0 saturated heterocycles. The van der Waals surface area contributed by atoms with Crippen LogP contribution in [0.15, 0.2) is 47.2 Å². The van der Waals surface area contributed by atoms with Gasteiger partial charge >= 0.3 is 0 Å². The number of hydrogen-bond acceptors (Lipinski definition) is 10. The first-order chi connectivity index (χ1) is 16.3. The fourth-order valence-corrected chi connectivity index (χ4v) is 4.43. The van der Waals surface area contributed by atoms with Gasteiger partial charge in [-0.15, -0.1) is 22.7 Å². The highest BCUT2D eigenvalue weighted by atomic mass is 32.1. The van der Waals surface area contributed by atoms with Crippen molar-refractivity contribution >= 4 is 44.8 Å². The first-order valence-corrected chi connectivity index (χ1v) is 11.6. The zero-order valence-corrected chi connectivity index (χ0v) is 19.0. The van der Waals surface area contributed by atoms with E-state index in [-0.39, 0.29) is 35.8 Å². The number of rotatable bonds is 7. The number of amides is 2. The quantitative estimate of drug-likeness (QED) is 0.221. The van der Waals surface area contributed by atoms with Crippen LogP contribution in [0.4, 0.5) is 10.3 Å². The Morgan fingerprint density at radius 3 is 1.50 bits per heavy atom. The molecule has 0 atom stereocenters. The molecule has 4 aromatic rings. The summed E-state index contributed by atoms with van der Waals surface area (Å²) in [6.07, 6.45) is -0.162. The van der Waals surface area contributed by atoms with E-state index < -0.39 is 11.8 Å². The van der Waals surface area contributed by atoms with Gasteiger partial charge in [-0.05, 0) is 24.3 Å². The monoisotopic (exact) mass is 498 g/mol. The summed E-state index contributed by atoms with van der Waals surface area (Å²) >= 11 is 2.33. The molecule has 2 amide bonds. The molecule has 34 heavy (non-hydrogen) atoms. The molecule has 0 bridgehead atoms. The molecule has 12 heteroatoms. The predicted octanol–water partition coefficient (Wildman–Crippen LogP) is 4.11. The van der Waals surface area contributed by atoms with Crippen LogP contribution in [0, 0.1) is 0 Å². The molecular formula is C22H18N4O6S2. The summed E-state index contributed by atoms with van der Waals surface area (Å²) < 4.78 is 0. The van der Waals surface area contributed by atoms with Crippen LogP contribution in [0.5, 0.6) is 23.0 Å². The van der Waals surface area contributed by atoms with Crippen molar-refractivity contribution in [3.05, 3.63) is 47.2 Å². The van der Waals surface area contributed by atoms with Crippen molar-refractivity contribution in [2.24, 2.45) is 0 Å². The molecule has 2 aromatic heterocycles. The average Bonchev–Trinajstić information content (AvgIpc) is 3.42. The van der Waals surface area contributed by atoms with E-state index in [2.05, 4.69) is 20.6 Å². The van der Waals surface area contributed by atoms with Gasteiger partial charge in [0.25, 0.3) is 0 Å². The Balaban J connectivity index is 1.29. The van der Waals surface area contributed by atoms with Gasteiger partial charge in [0.05, 0.1) is 11.4 Å². The Kier molecular flexibility index (Phi) is 6.61. The van der Waals surface area contributed by atoms with Gasteiger partial charge in [0, 0.05) is 46.9 Å². The second kappa shape index (κ2) is 9.77. The molecule has 0 aliphatic heterocycles. The van der Waals surface area contributed by atoms with Crippen molar-refractivity contribution in [1.29, 1.82) is 0 Å². The number of anilines is 2. The van der Waals surface area contributed by atoms with E-state index in [9.17, 15) is 30.0 Å². The van der Waals surface area contributed by atoms with E-state index >= 15 is 0 Å². The molecule has 0 saturated carbocycles. The fourth-order valence-electron chi connectivity index (χ4n) is 2.97. The first kappa shape index (κ1) is 23.0. The number of nitrogens with zero attached hydrogens (tertiary/aromatic N) is 2. The van der Waals surface area contributed by atoms with Crippen LogP contribution in [-0.2, 0) is 9.59 Å². The Morgan fingerprint density at radius 1 is 0.706 bits per heavy atom. The molecule has 2 heterocycles. The van der Waals surface area contributed by atoms with Gasteiger partial charge in [0.2, 0.25) is 11.8 Å². The Morgan fingerprint density at radius 2 is 1.12 bits per heavy atom. The zero-order valence-electron chi connectivity index (χ0n) is 17.3. The highest BCUT2D eigenvalue weighted by molar-refractivity contribution is 7.14. The third-order valence-electron chi connectivity index (χ3n) is 4.59. The number of aromatic nitrogens is 2. The van der Waals surface area contributed by atoms with Crippen molar-refractivity contribution in [2.75, 3.05) is 10.6 Å². The molecule has 0 radical (unpaired) electrons. The number of aromatic hydroxyl groups is 4. The van der Waals surface area contributed by atoms with E-state index in [0.717, 1.165) is 22.7 Å². The number of phenols is 4. The van der Waals surface area contributed by atoms with Crippen LogP contribution in [0.3, 0.4) is 0 Å². The normalized spacial score (nSPS) is 10.7. The van der Waals surface area contributed by atoms with Gasteiger partial charge in [-0.2, -0.15) is 0 Å². The Bertz CT molecular complexity index is 1260. The minimum absolute atomic E-state index is 0.0734. The van der Waals surface area contributed by atoms with Gasteiger partial charge in [-0.1, -0.05) is 0 Å². The van der Waals surface area contributed by atoms with E-state index in [4.69, 9.17) is 0 Å². The summed E-state index contributed by atoms with van der Waals surface area (Å²) in [5, 5.41) is 47.8. The number of benzene rings is 2. The predicted molar refractivity (Wildman–Crippen MR) is 128 cm³/mol. The number of carbonyl (C=O) groups excluding carboxylic acids is 2. The van der Waals surface area contributed by atoms with Crippen LogP contribution >= 0.6 is 22.7 Å². The second-order valence-electron chi connectivity index (χ2n) is 7.08. The summed E-state index contributed by atoms with van der Waals surface area (Å²) in [4.78, 5) is 32.9. The van der Waals surface area contributed by atoms with E-state index in [1.54, 1.807) is 10.8 Å². The van der Waals surface area contributed by atoms with Crippen LogP contribution < -0.4 is 10.6 Å². The topological polar surface area (TPSA) is 165 Å². The summed E-state index contributed by atoms with van der Waals surface area (Å²) in [5.74, 6) is -1.22. The van der Waals surface area contributed by atoms with Gasteiger partial charge in [-0.3, -0.25) is 9.59 Å². The van der Waals surface area contributed by atoms with Gasteiger partial charge < -0.3 is 31.1 Å². The molecule has 174 valence electrons. The summed E-state index contributed by atoms with van der Waals surface area (Å²) in [6.45, 7) is 0. The smallest absolute Gasteiger partial charge is 0.226 e. The minimum Gasteiger partial charge on any atom is -0.508 e. The lowest BCUT2D eigenvalue weighted by molar-refractivity contribution is -0.121. The highest BCUT2D eigenvalue weighted by Crippen LogP contribution is 2.35. The van der Waals surface area contributed by atoms with Crippen molar-refractivity contribution in [2.45, 2.75) is 12.8 Å². The molecule has 0 aliphatic carbocycles. The Hall–Kier alpha value is -4.16. The van der Waals surface area contributed by atoms with Crippen molar-refractivity contribution in [3.8, 4) is 45.5 Å². The fraction of sp³-hybridized carbons (Fsp3) is 0.0909. The largest absolute Gasteiger partial charge is 0.508 e. The first-order valence-electron chi connectivity index (χ1n) is 9.84. The molecule has 0 aliphatic rings. The molecule has 0 fully saturated rings.